The molecule has 7 heteroatoms. The second-order valence-corrected chi connectivity index (χ2v) is 6.30. The van der Waals surface area contributed by atoms with Crippen molar-refractivity contribution in [1.29, 1.82) is 0 Å². The van der Waals surface area contributed by atoms with Crippen molar-refractivity contribution in [3.63, 3.8) is 0 Å². The summed E-state index contributed by atoms with van der Waals surface area (Å²) in [6.07, 6.45) is 0. The number of thioether (sulfide) groups is 1. The zero-order valence-electron chi connectivity index (χ0n) is 11.8. The molecule has 1 aliphatic rings. The molecular formula is C14H16N2O4S. The van der Waals surface area contributed by atoms with Crippen molar-refractivity contribution in [3.05, 3.63) is 29.8 Å². The van der Waals surface area contributed by atoms with Gasteiger partial charge in [0.1, 0.15) is 5.54 Å². The molecule has 1 heterocycles. The molecule has 0 aromatic heterocycles. The molecule has 2 N–H and O–H groups in total. The first kappa shape index (κ1) is 15.4. The molecule has 1 aromatic carbocycles. The predicted octanol–water partition coefficient (Wildman–Crippen LogP) is 1.81. The predicted molar refractivity (Wildman–Crippen MR) is 78.4 cm³/mol. The van der Waals surface area contributed by atoms with Gasteiger partial charge >= 0.3 is 12.0 Å². The van der Waals surface area contributed by atoms with Crippen molar-refractivity contribution < 1.29 is 19.5 Å². The molecule has 0 radical (unpaired) electrons. The third-order valence-corrected chi connectivity index (χ3v) is 4.19. The molecule has 6 nitrogen and oxygen atoms in total. The van der Waals surface area contributed by atoms with E-state index in [4.69, 9.17) is 5.11 Å². The summed E-state index contributed by atoms with van der Waals surface area (Å²) in [4.78, 5) is 36.6. The average molecular weight is 308 g/mol. The summed E-state index contributed by atoms with van der Waals surface area (Å²) in [6, 6.07) is 6.25. The van der Waals surface area contributed by atoms with Crippen molar-refractivity contribution in [2.75, 3.05) is 12.3 Å². The lowest BCUT2D eigenvalue weighted by Gasteiger charge is -2.15. The number of carboxylic acids is 1. The second-order valence-electron chi connectivity index (χ2n) is 5.16. The normalized spacial score (nSPS) is 17.0. The van der Waals surface area contributed by atoms with E-state index in [1.165, 1.54) is 17.8 Å². The van der Waals surface area contributed by atoms with E-state index < -0.39 is 17.5 Å². The number of rotatable bonds is 5. The number of hydrogen-bond acceptors (Lipinski definition) is 4. The van der Waals surface area contributed by atoms with Gasteiger partial charge in [-0.15, -0.1) is 11.8 Å². The topological polar surface area (TPSA) is 86.7 Å². The number of benzene rings is 1. The van der Waals surface area contributed by atoms with E-state index in [9.17, 15) is 14.4 Å². The zero-order valence-corrected chi connectivity index (χ0v) is 12.6. The van der Waals surface area contributed by atoms with Crippen LogP contribution in [0.4, 0.5) is 4.79 Å². The number of carbonyl (C=O) groups is 3. The number of nitrogens with one attached hydrogen (secondary N) is 1. The van der Waals surface area contributed by atoms with E-state index in [1.54, 1.807) is 32.0 Å². The number of carboxylic acid groups (broad SMARTS) is 1. The molecule has 0 aliphatic carbocycles. The second kappa shape index (κ2) is 5.77. The summed E-state index contributed by atoms with van der Waals surface area (Å²) in [6.45, 7) is 3.55. The Morgan fingerprint density at radius 2 is 2.00 bits per heavy atom. The van der Waals surface area contributed by atoms with Crippen molar-refractivity contribution in [3.8, 4) is 0 Å². The minimum absolute atomic E-state index is 0.222. The molecule has 0 unspecified atom stereocenters. The van der Waals surface area contributed by atoms with Crippen LogP contribution in [0.1, 0.15) is 24.2 Å². The summed E-state index contributed by atoms with van der Waals surface area (Å²) < 4.78 is 0. The molecular weight excluding hydrogens is 292 g/mol. The van der Waals surface area contributed by atoms with Crippen molar-refractivity contribution in [2.24, 2.45) is 0 Å². The number of carbonyl (C=O) groups excluding carboxylic acids is 2. The molecule has 1 aromatic rings. The van der Waals surface area contributed by atoms with Crippen LogP contribution in [0.5, 0.6) is 0 Å². The summed E-state index contributed by atoms with van der Waals surface area (Å²) in [5.74, 6) is -0.812. The Kier molecular flexibility index (Phi) is 4.22. The zero-order chi connectivity index (χ0) is 15.6. The third kappa shape index (κ3) is 3.18. The molecule has 1 fully saturated rings. The maximum atomic E-state index is 12.0. The van der Waals surface area contributed by atoms with Crippen LogP contribution in [0, 0.1) is 0 Å². The Morgan fingerprint density at radius 1 is 1.33 bits per heavy atom. The number of urea groups is 1. The van der Waals surface area contributed by atoms with Gasteiger partial charge in [0.2, 0.25) is 0 Å². The molecule has 1 aliphatic heterocycles. The van der Waals surface area contributed by atoms with Crippen molar-refractivity contribution in [1.82, 2.24) is 10.2 Å². The maximum Gasteiger partial charge on any atom is 0.336 e. The molecule has 1 saturated heterocycles. The first-order valence-electron chi connectivity index (χ1n) is 6.42. The van der Waals surface area contributed by atoms with Gasteiger partial charge in [0.25, 0.3) is 5.91 Å². The fourth-order valence-corrected chi connectivity index (χ4v) is 3.02. The summed E-state index contributed by atoms with van der Waals surface area (Å²) in [7, 11) is 0. The minimum Gasteiger partial charge on any atom is -0.478 e. The lowest BCUT2D eigenvalue weighted by Crippen LogP contribution is -2.40. The van der Waals surface area contributed by atoms with E-state index in [-0.39, 0.29) is 18.0 Å². The standard InChI is InChI=1S/C14H16N2O4S/c1-14(2)12(19)16(13(20)15-14)7-8-21-10-6-4-3-5-9(10)11(17)18/h3-6H,7-8H2,1-2H3,(H,15,20)(H,17,18). The summed E-state index contributed by atoms with van der Waals surface area (Å²) in [5.41, 5.74) is -0.652. The van der Waals surface area contributed by atoms with Crippen LogP contribution in [-0.4, -0.2) is 45.8 Å². The van der Waals surface area contributed by atoms with Gasteiger partial charge in [0, 0.05) is 17.2 Å². The van der Waals surface area contributed by atoms with E-state index in [2.05, 4.69) is 5.32 Å². The van der Waals surface area contributed by atoms with Gasteiger partial charge in [-0.1, -0.05) is 12.1 Å². The number of aromatic carboxylic acids is 1. The first-order valence-corrected chi connectivity index (χ1v) is 7.41. The molecule has 3 amide bonds. The lowest BCUT2D eigenvalue weighted by atomic mass is 10.1. The highest BCUT2D eigenvalue weighted by Crippen LogP contribution is 2.24. The van der Waals surface area contributed by atoms with Gasteiger partial charge in [-0.3, -0.25) is 9.69 Å². The van der Waals surface area contributed by atoms with E-state index >= 15 is 0 Å². The molecule has 2 rings (SSSR count). The Labute approximate surface area is 126 Å². The van der Waals surface area contributed by atoms with Crippen LogP contribution >= 0.6 is 11.8 Å². The largest absolute Gasteiger partial charge is 0.478 e. The quantitative estimate of drug-likeness (QED) is 0.640. The Hall–Kier alpha value is -2.02. The van der Waals surface area contributed by atoms with E-state index in [1.807, 2.05) is 0 Å². The lowest BCUT2D eigenvalue weighted by molar-refractivity contribution is -0.130. The molecule has 0 bridgehead atoms. The SMILES string of the molecule is CC1(C)NC(=O)N(CCSc2ccccc2C(=O)O)C1=O. The summed E-state index contributed by atoms with van der Waals surface area (Å²) in [5, 5.41) is 11.7. The number of nitrogens with zero attached hydrogens (tertiary/aromatic N) is 1. The van der Waals surface area contributed by atoms with Gasteiger partial charge < -0.3 is 10.4 Å². The van der Waals surface area contributed by atoms with Gasteiger partial charge in [-0.25, -0.2) is 9.59 Å². The number of imide groups is 1. The Morgan fingerprint density at radius 3 is 2.57 bits per heavy atom. The minimum atomic E-state index is -0.991. The highest BCUT2D eigenvalue weighted by molar-refractivity contribution is 7.99. The Balaban J connectivity index is 1.98. The van der Waals surface area contributed by atoms with Gasteiger partial charge in [-0.2, -0.15) is 0 Å². The van der Waals surface area contributed by atoms with Crippen molar-refractivity contribution >= 4 is 29.7 Å². The molecule has 0 spiro atoms. The number of hydrogen-bond donors (Lipinski definition) is 2. The van der Waals surface area contributed by atoms with Crippen LogP contribution in [-0.2, 0) is 4.79 Å². The fraction of sp³-hybridized carbons (Fsp3) is 0.357. The fourth-order valence-electron chi connectivity index (χ4n) is 2.04. The van der Waals surface area contributed by atoms with Crippen LogP contribution < -0.4 is 5.32 Å². The van der Waals surface area contributed by atoms with Gasteiger partial charge in [0.15, 0.2) is 0 Å². The van der Waals surface area contributed by atoms with Crippen LogP contribution in [0.3, 0.4) is 0 Å². The highest BCUT2D eigenvalue weighted by Gasteiger charge is 2.43. The smallest absolute Gasteiger partial charge is 0.336 e. The highest BCUT2D eigenvalue weighted by atomic mass is 32.2. The number of amides is 3. The molecule has 0 atom stereocenters. The van der Waals surface area contributed by atoms with E-state index in [0.29, 0.717) is 10.6 Å². The Bertz CT molecular complexity index is 600. The first-order chi connectivity index (χ1) is 9.83. The van der Waals surface area contributed by atoms with Gasteiger partial charge in [0.05, 0.1) is 5.56 Å². The van der Waals surface area contributed by atoms with Crippen LogP contribution in [0.2, 0.25) is 0 Å². The molecule has 0 saturated carbocycles. The summed E-state index contributed by atoms with van der Waals surface area (Å²) >= 11 is 1.31. The van der Waals surface area contributed by atoms with Crippen LogP contribution in [0.15, 0.2) is 29.2 Å². The average Bonchev–Trinajstić information content (AvgIpc) is 2.61. The van der Waals surface area contributed by atoms with Crippen LogP contribution in [0.25, 0.3) is 0 Å². The third-order valence-electron chi connectivity index (χ3n) is 3.13. The molecule has 112 valence electrons. The maximum absolute atomic E-state index is 12.0. The monoisotopic (exact) mass is 308 g/mol. The van der Waals surface area contributed by atoms with Crippen molar-refractivity contribution in [2.45, 2.75) is 24.3 Å². The molecule has 21 heavy (non-hydrogen) atoms. The van der Waals surface area contributed by atoms with E-state index in [0.717, 1.165) is 4.90 Å². The van der Waals surface area contributed by atoms with Gasteiger partial charge in [-0.05, 0) is 26.0 Å².